The zero-order valence-electron chi connectivity index (χ0n) is 10.7. The van der Waals surface area contributed by atoms with Crippen molar-refractivity contribution in [3.63, 3.8) is 0 Å². The molecular weight excluding hydrogens is 254 g/mol. The Balaban J connectivity index is 2.31. The molecule has 4 nitrogen and oxygen atoms in total. The molecule has 0 bridgehead atoms. The van der Waals surface area contributed by atoms with Gasteiger partial charge in [0.15, 0.2) is 0 Å². The summed E-state index contributed by atoms with van der Waals surface area (Å²) in [6.45, 7) is 3.39. The van der Waals surface area contributed by atoms with E-state index in [-0.39, 0.29) is 6.54 Å². The molecule has 3 amide bonds. The molecule has 1 aliphatic heterocycles. The number of rotatable bonds is 3. The maximum Gasteiger partial charge on any atom is 0.325 e. The molecule has 1 aromatic rings. The van der Waals surface area contributed by atoms with Crippen molar-refractivity contribution in [3.8, 4) is 0 Å². The summed E-state index contributed by atoms with van der Waals surface area (Å²) >= 11 is 0. The van der Waals surface area contributed by atoms with E-state index in [2.05, 4.69) is 5.32 Å². The lowest BCUT2D eigenvalue weighted by Gasteiger charge is -2.30. The van der Waals surface area contributed by atoms with Gasteiger partial charge in [-0.2, -0.15) is 0 Å². The fourth-order valence-corrected chi connectivity index (χ4v) is 2.13. The highest BCUT2D eigenvalue weighted by Gasteiger charge is 2.47. The Morgan fingerprint density at radius 2 is 1.79 bits per heavy atom. The van der Waals surface area contributed by atoms with Gasteiger partial charge in [-0.25, -0.2) is 13.6 Å². The van der Waals surface area contributed by atoms with Crippen LogP contribution in [0.3, 0.4) is 0 Å². The average molecular weight is 268 g/mol. The van der Waals surface area contributed by atoms with Gasteiger partial charge in [-0.1, -0.05) is 6.92 Å². The van der Waals surface area contributed by atoms with E-state index in [0.29, 0.717) is 12.0 Å². The standard InChI is InChI=1S/C13H14F2N2O2/c1-3-13(2)11(18)16-12(19)17(13)7-8-4-9(14)6-10(15)5-8/h4-6H,3,7H2,1-2H3,(H,16,18,19). The van der Waals surface area contributed by atoms with Gasteiger partial charge in [0.2, 0.25) is 0 Å². The van der Waals surface area contributed by atoms with Crippen molar-refractivity contribution in [2.75, 3.05) is 0 Å². The lowest BCUT2D eigenvalue weighted by molar-refractivity contribution is -0.126. The van der Waals surface area contributed by atoms with Crippen LogP contribution in [0.15, 0.2) is 18.2 Å². The normalized spacial score (nSPS) is 22.8. The minimum Gasteiger partial charge on any atom is -0.306 e. The van der Waals surface area contributed by atoms with Crippen molar-refractivity contribution >= 4 is 11.9 Å². The predicted octanol–water partition coefficient (Wildman–Crippen LogP) is 2.19. The monoisotopic (exact) mass is 268 g/mol. The third kappa shape index (κ3) is 2.30. The molecule has 1 heterocycles. The van der Waals surface area contributed by atoms with E-state index in [9.17, 15) is 18.4 Å². The summed E-state index contributed by atoms with van der Waals surface area (Å²) in [5.41, 5.74) is -0.679. The van der Waals surface area contributed by atoms with Gasteiger partial charge >= 0.3 is 6.03 Å². The van der Waals surface area contributed by atoms with Gasteiger partial charge in [0, 0.05) is 12.6 Å². The summed E-state index contributed by atoms with van der Waals surface area (Å²) in [5.74, 6) is -1.81. The zero-order valence-corrected chi connectivity index (χ0v) is 10.7. The van der Waals surface area contributed by atoms with Crippen LogP contribution in [0, 0.1) is 11.6 Å². The predicted molar refractivity (Wildman–Crippen MR) is 64.1 cm³/mol. The number of amides is 3. The molecule has 0 radical (unpaired) electrons. The second-order valence-corrected chi connectivity index (χ2v) is 4.75. The van der Waals surface area contributed by atoms with Gasteiger partial charge < -0.3 is 4.90 Å². The van der Waals surface area contributed by atoms with Gasteiger partial charge in [0.25, 0.3) is 5.91 Å². The lowest BCUT2D eigenvalue weighted by atomic mass is 9.97. The van der Waals surface area contributed by atoms with Gasteiger partial charge in [-0.3, -0.25) is 10.1 Å². The lowest BCUT2D eigenvalue weighted by Crippen LogP contribution is -2.46. The second-order valence-electron chi connectivity index (χ2n) is 4.75. The van der Waals surface area contributed by atoms with E-state index in [1.54, 1.807) is 13.8 Å². The fraction of sp³-hybridized carbons (Fsp3) is 0.385. The molecule has 2 rings (SSSR count). The van der Waals surface area contributed by atoms with Crippen molar-refractivity contribution in [2.45, 2.75) is 32.4 Å². The smallest absolute Gasteiger partial charge is 0.306 e. The van der Waals surface area contributed by atoms with Crippen molar-refractivity contribution in [2.24, 2.45) is 0 Å². The van der Waals surface area contributed by atoms with Crippen LogP contribution in [0.4, 0.5) is 13.6 Å². The average Bonchev–Trinajstić information content (AvgIpc) is 2.52. The van der Waals surface area contributed by atoms with Crippen molar-refractivity contribution in [1.29, 1.82) is 0 Å². The molecule has 1 atom stereocenters. The maximum atomic E-state index is 13.1. The largest absolute Gasteiger partial charge is 0.325 e. The molecule has 1 aromatic carbocycles. The first-order valence-corrected chi connectivity index (χ1v) is 5.95. The van der Waals surface area contributed by atoms with Crippen molar-refractivity contribution < 1.29 is 18.4 Å². The highest BCUT2D eigenvalue weighted by Crippen LogP contribution is 2.27. The number of nitrogens with zero attached hydrogens (tertiary/aromatic N) is 1. The molecule has 1 N–H and O–H groups in total. The number of carbonyl (C=O) groups excluding carboxylic acids is 2. The topological polar surface area (TPSA) is 49.4 Å². The molecule has 0 saturated carbocycles. The van der Waals surface area contributed by atoms with Crippen molar-refractivity contribution in [1.82, 2.24) is 10.2 Å². The van der Waals surface area contributed by atoms with Gasteiger partial charge in [-0.05, 0) is 31.0 Å². The van der Waals surface area contributed by atoms with Crippen LogP contribution >= 0.6 is 0 Å². The molecule has 19 heavy (non-hydrogen) atoms. The van der Waals surface area contributed by atoms with Crippen LogP contribution in [-0.4, -0.2) is 22.4 Å². The number of urea groups is 1. The summed E-state index contributed by atoms with van der Waals surface area (Å²) in [5, 5.41) is 2.22. The second kappa shape index (κ2) is 4.60. The van der Waals surface area contributed by atoms with Crippen molar-refractivity contribution in [3.05, 3.63) is 35.4 Å². The molecular formula is C13H14F2N2O2. The van der Waals surface area contributed by atoms with Crippen LogP contribution in [0.25, 0.3) is 0 Å². The van der Waals surface area contributed by atoms with E-state index in [0.717, 1.165) is 18.2 Å². The van der Waals surface area contributed by atoms with Gasteiger partial charge in [0.05, 0.1) is 0 Å². The van der Waals surface area contributed by atoms with Gasteiger partial charge in [-0.15, -0.1) is 0 Å². The van der Waals surface area contributed by atoms with Crippen LogP contribution in [0.1, 0.15) is 25.8 Å². The molecule has 102 valence electrons. The van der Waals surface area contributed by atoms with Crippen LogP contribution in [0.5, 0.6) is 0 Å². The minimum absolute atomic E-state index is 0.0173. The number of imide groups is 1. The zero-order chi connectivity index (χ0) is 14.2. The molecule has 0 aromatic heterocycles. The van der Waals surface area contributed by atoms with Crippen LogP contribution in [0.2, 0.25) is 0 Å². The van der Waals surface area contributed by atoms with E-state index in [4.69, 9.17) is 0 Å². The molecule has 1 unspecified atom stereocenters. The summed E-state index contributed by atoms with van der Waals surface area (Å²) in [6, 6.07) is 2.52. The van der Waals surface area contributed by atoms with E-state index < -0.39 is 29.1 Å². The van der Waals surface area contributed by atoms with Gasteiger partial charge in [0.1, 0.15) is 17.2 Å². The summed E-state index contributed by atoms with van der Waals surface area (Å²) in [4.78, 5) is 24.8. The number of benzene rings is 1. The van der Waals surface area contributed by atoms with E-state index in [1.807, 2.05) is 0 Å². The number of nitrogens with one attached hydrogen (secondary N) is 1. The number of hydrogen-bond donors (Lipinski definition) is 1. The molecule has 1 fully saturated rings. The Kier molecular flexibility index (Phi) is 3.26. The number of halogens is 2. The SMILES string of the molecule is CCC1(C)C(=O)NC(=O)N1Cc1cc(F)cc(F)c1. The van der Waals surface area contributed by atoms with Crippen LogP contribution in [-0.2, 0) is 11.3 Å². The Labute approximate surface area is 109 Å². The Morgan fingerprint density at radius 3 is 2.32 bits per heavy atom. The first kappa shape index (κ1) is 13.5. The minimum atomic E-state index is -0.986. The highest BCUT2D eigenvalue weighted by atomic mass is 19.1. The molecule has 6 heteroatoms. The molecule has 1 saturated heterocycles. The Hall–Kier alpha value is -1.98. The molecule has 1 aliphatic rings. The Morgan fingerprint density at radius 1 is 1.21 bits per heavy atom. The molecule has 0 spiro atoms. The first-order valence-electron chi connectivity index (χ1n) is 5.95. The number of hydrogen-bond acceptors (Lipinski definition) is 2. The van der Waals surface area contributed by atoms with Crippen LogP contribution < -0.4 is 5.32 Å². The summed E-state index contributed by atoms with van der Waals surface area (Å²) in [7, 11) is 0. The fourth-order valence-electron chi connectivity index (χ4n) is 2.13. The maximum absolute atomic E-state index is 13.1. The first-order chi connectivity index (χ1) is 8.86. The third-order valence-electron chi connectivity index (χ3n) is 3.50. The quantitative estimate of drug-likeness (QED) is 0.854. The summed E-state index contributed by atoms with van der Waals surface area (Å²) < 4.78 is 26.2. The highest BCUT2D eigenvalue weighted by molar-refractivity contribution is 6.06. The summed E-state index contributed by atoms with van der Waals surface area (Å²) in [6.07, 6.45) is 0.419. The van der Waals surface area contributed by atoms with E-state index >= 15 is 0 Å². The molecule has 0 aliphatic carbocycles. The Bertz CT molecular complexity index is 527. The third-order valence-corrected chi connectivity index (χ3v) is 3.50. The number of carbonyl (C=O) groups is 2. The van der Waals surface area contributed by atoms with E-state index in [1.165, 1.54) is 4.90 Å².